The molecule has 1 rings (SSSR count). The van der Waals surface area contributed by atoms with E-state index in [4.69, 9.17) is 15.6 Å². The minimum Gasteiger partial charge on any atom is -0.394 e. The van der Waals surface area contributed by atoms with Crippen LogP contribution in [-0.2, 0) is 4.74 Å². The highest BCUT2D eigenvalue weighted by molar-refractivity contribution is 4.74. The Balaban J connectivity index is 2.22. The number of hydrogen-bond acceptors (Lipinski definition) is 3. The largest absolute Gasteiger partial charge is 0.394 e. The maximum atomic E-state index is 8.50. The summed E-state index contributed by atoms with van der Waals surface area (Å²) in [4.78, 5) is 0. The molecule has 1 aliphatic rings. The molecule has 1 saturated heterocycles. The Bertz CT molecular complexity index is 76.8. The lowest BCUT2D eigenvalue weighted by atomic mass is 10.2. The SMILES string of the molecule is NC1COC(CO)C1. The van der Waals surface area contributed by atoms with E-state index in [0.717, 1.165) is 6.42 Å². The fourth-order valence-corrected chi connectivity index (χ4v) is 0.861. The first kappa shape index (κ1) is 6.01. The fraction of sp³-hybridized carbons (Fsp3) is 1.00. The van der Waals surface area contributed by atoms with Crippen molar-refractivity contribution in [3.63, 3.8) is 0 Å². The summed E-state index contributed by atoms with van der Waals surface area (Å²) in [5.41, 5.74) is 5.46. The van der Waals surface area contributed by atoms with Gasteiger partial charge in [0.15, 0.2) is 0 Å². The molecule has 3 N–H and O–H groups in total. The molecular formula is C5H11NO2. The van der Waals surface area contributed by atoms with Crippen LogP contribution in [0.25, 0.3) is 0 Å². The third-order valence-electron chi connectivity index (χ3n) is 1.32. The molecule has 0 aromatic heterocycles. The van der Waals surface area contributed by atoms with E-state index in [0.29, 0.717) is 6.61 Å². The second-order valence-electron chi connectivity index (χ2n) is 2.13. The van der Waals surface area contributed by atoms with Crippen molar-refractivity contribution in [3.05, 3.63) is 0 Å². The second-order valence-corrected chi connectivity index (χ2v) is 2.13. The Morgan fingerprint density at radius 1 is 1.75 bits per heavy atom. The van der Waals surface area contributed by atoms with Crippen LogP contribution in [0, 0.1) is 0 Å². The first-order valence-electron chi connectivity index (χ1n) is 2.81. The fourth-order valence-electron chi connectivity index (χ4n) is 0.861. The van der Waals surface area contributed by atoms with Crippen molar-refractivity contribution in [1.82, 2.24) is 0 Å². The molecule has 0 saturated carbocycles. The molecule has 0 radical (unpaired) electrons. The normalized spacial score (nSPS) is 38.2. The van der Waals surface area contributed by atoms with Gasteiger partial charge in [-0.3, -0.25) is 0 Å². The molecule has 1 heterocycles. The van der Waals surface area contributed by atoms with Gasteiger partial charge >= 0.3 is 0 Å². The van der Waals surface area contributed by atoms with Crippen molar-refractivity contribution >= 4 is 0 Å². The van der Waals surface area contributed by atoms with Crippen LogP contribution in [0.1, 0.15) is 6.42 Å². The number of nitrogens with two attached hydrogens (primary N) is 1. The first-order valence-corrected chi connectivity index (χ1v) is 2.81. The van der Waals surface area contributed by atoms with Gasteiger partial charge in [-0.1, -0.05) is 0 Å². The van der Waals surface area contributed by atoms with Gasteiger partial charge in [-0.2, -0.15) is 0 Å². The Kier molecular flexibility index (Phi) is 1.83. The molecule has 2 unspecified atom stereocenters. The summed E-state index contributed by atoms with van der Waals surface area (Å²) in [6.07, 6.45) is 0.807. The van der Waals surface area contributed by atoms with Gasteiger partial charge in [0.25, 0.3) is 0 Å². The molecule has 0 spiro atoms. The maximum absolute atomic E-state index is 8.50. The van der Waals surface area contributed by atoms with Gasteiger partial charge in [-0.15, -0.1) is 0 Å². The molecule has 0 aromatic carbocycles. The van der Waals surface area contributed by atoms with Crippen LogP contribution in [0.15, 0.2) is 0 Å². The van der Waals surface area contributed by atoms with E-state index in [2.05, 4.69) is 0 Å². The van der Waals surface area contributed by atoms with Crippen molar-refractivity contribution in [3.8, 4) is 0 Å². The predicted octanol–water partition coefficient (Wildman–Crippen LogP) is -0.905. The molecule has 3 nitrogen and oxygen atoms in total. The van der Waals surface area contributed by atoms with Crippen LogP contribution in [0.2, 0.25) is 0 Å². The topological polar surface area (TPSA) is 55.5 Å². The van der Waals surface area contributed by atoms with E-state index >= 15 is 0 Å². The Hall–Kier alpha value is -0.120. The van der Waals surface area contributed by atoms with Gasteiger partial charge in [0.2, 0.25) is 0 Å². The minimum atomic E-state index is 0.00463. The summed E-state index contributed by atoms with van der Waals surface area (Å²) in [5.74, 6) is 0. The lowest BCUT2D eigenvalue weighted by molar-refractivity contribution is 0.0585. The molecule has 1 aliphatic heterocycles. The predicted molar refractivity (Wildman–Crippen MR) is 29.4 cm³/mol. The monoisotopic (exact) mass is 117 g/mol. The zero-order chi connectivity index (χ0) is 5.98. The Morgan fingerprint density at radius 2 is 2.50 bits per heavy atom. The molecule has 2 atom stereocenters. The van der Waals surface area contributed by atoms with Crippen LogP contribution < -0.4 is 5.73 Å². The summed E-state index contributed by atoms with van der Waals surface area (Å²) in [6, 6.07) is 0.146. The molecule has 8 heavy (non-hydrogen) atoms. The van der Waals surface area contributed by atoms with Crippen LogP contribution in [0.5, 0.6) is 0 Å². The smallest absolute Gasteiger partial charge is 0.0822 e. The highest BCUT2D eigenvalue weighted by Crippen LogP contribution is 2.09. The zero-order valence-electron chi connectivity index (χ0n) is 4.71. The van der Waals surface area contributed by atoms with Gasteiger partial charge in [-0.05, 0) is 6.42 Å². The molecule has 0 amide bonds. The second kappa shape index (κ2) is 2.44. The zero-order valence-corrected chi connectivity index (χ0v) is 4.71. The molecule has 0 aliphatic carbocycles. The molecule has 0 bridgehead atoms. The van der Waals surface area contributed by atoms with Gasteiger partial charge < -0.3 is 15.6 Å². The summed E-state index contributed by atoms with van der Waals surface area (Å²) >= 11 is 0. The van der Waals surface area contributed by atoms with E-state index in [1.165, 1.54) is 0 Å². The summed E-state index contributed by atoms with van der Waals surface area (Å²) in [5, 5.41) is 8.50. The van der Waals surface area contributed by atoms with E-state index in [1.54, 1.807) is 0 Å². The van der Waals surface area contributed by atoms with Gasteiger partial charge in [-0.25, -0.2) is 0 Å². The van der Waals surface area contributed by atoms with Crippen molar-refractivity contribution in [2.75, 3.05) is 13.2 Å². The lowest BCUT2D eigenvalue weighted by Gasteiger charge is -2.00. The Morgan fingerprint density at radius 3 is 2.75 bits per heavy atom. The molecule has 0 aromatic rings. The standard InChI is InChI=1S/C5H11NO2/c6-4-1-5(2-7)8-3-4/h4-5,7H,1-3,6H2. The number of rotatable bonds is 1. The van der Waals surface area contributed by atoms with E-state index in [-0.39, 0.29) is 18.8 Å². The van der Waals surface area contributed by atoms with Crippen molar-refractivity contribution < 1.29 is 9.84 Å². The first-order chi connectivity index (χ1) is 3.83. The summed E-state index contributed by atoms with van der Waals surface area (Å²) in [6.45, 7) is 0.707. The average Bonchev–Trinajstić information content (AvgIpc) is 2.14. The lowest BCUT2D eigenvalue weighted by Crippen LogP contribution is -2.19. The number of ether oxygens (including phenoxy) is 1. The molecule has 48 valence electrons. The van der Waals surface area contributed by atoms with Crippen molar-refractivity contribution in [2.45, 2.75) is 18.6 Å². The van der Waals surface area contributed by atoms with E-state index in [9.17, 15) is 0 Å². The third kappa shape index (κ3) is 1.18. The van der Waals surface area contributed by atoms with Crippen molar-refractivity contribution in [1.29, 1.82) is 0 Å². The maximum Gasteiger partial charge on any atom is 0.0822 e. The van der Waals surface area contributed by atoms with Crippen molar-refractivity contribution in [2.24, 2.45) is 5.73 Å². The average molecular weight is 117 g/mol. The number of aliphatic hydroxyl groups excluding tert-OH is 1. The van der Waals surface area contributed by atoms with Crippen LogP contribution >= 0.6 is 0 Å². The molecule has 3 heteroatoms. The van der Waals surface area contributed by atoms with Crippen LogP contribution in [-0.4, -0.2) is 30.5 Å². The number of hydrogen-bond donors (Lipinski definition) is 2. The highest BCUT2D eigenvalue weighted by atomic mass is 16.5. The minimum absolute atomic E-state index is 0.00463. The van der Waals surface area contributed by atoms with Crippen LogP contribution in [0.3, 0.4) is 0 Å². The van der Waals surface area contributed by atoms with Gasteiger partial charge in [0.1, 0.15) is 0 Å². The number of aliphatic hydroxyl groups is 1. The van der Waals surface area contributed by atoms with Gasteiger partial charge in [0.05, 0.1) is 19.3 Å². The third-order valence-corrected chi connectivity index (χ3v) is 1.32. The highest BCUT2D eigenvalue weighted by Gasteiger charge is 2.20. The van der Waals surface area contributed by atoms with Crippen LogP contribution in [0.4, 0.5) is 0 Å². The Labute approximate surface area is 48.4 Å². The summed E-state index contributed by atoms with van der Waals surface area (Å²) < 4.78 is 5.04. The molecule has 1 fully saturated rings. The van der Waals surface area contributed by atoms with Gasteiger partial charge in [0, 0.05) is 6.04 Å². The van der Waals surface area contributed by atoms with E-state index in [1.807, 2.05) is 0 Å². The quantitative estimate of drug-likeness (QED) is 0.467. The molecular weight excluding hydrogens is 106 g/mol. The summed E-state index contributed by atoms with van der Waals surface area (Å²) in [7, 11) is 0. The van der Waals surface area contributed by atoms with E-state index < -0.39 is 0 Å².